The van der Waals surface area contributed by atoms with Crippen molar-refractivity contribution in [3.63, 3.8) is 0 Å². The average Bonchev–Trinajstić information content (AvgIpc) is 2.30. The lowest BCUT2D eigenvalue weighted by atomic mass is 10.2. The maximum absolute atomic E-state index is 4.27. The Morgan fingerprint density at radius 3 is 3.00 bits per heavy atom. The Balaban J connectivity index is 2.83. The normalized spacial score (nSPS) is 10.9. The molecule has 0 amide bonds. The maximum atomic E-state index is 4.27. The Hall–Kier alpha value is -0.100. The first-order valence-electron chi connectivity index (χ1n) is 3.48. The summed E-state index contributed by atoms with van der Waals surface area (Å²) in [5.41, 5.74) is 3.37. The monoisotopic (exact) mass is 336 g/mol. The number of H-pyrrole nitrogens is 1. The molecule has 0 fully saturated rings. The Kier molecular flexibility index (Phi) is 2.12. The minimum atomic E-state index is 0.791. The second-order valence-corrected chi connectivity index (χ2v) is 4.56. The summed E-state index contributed by atoms with van der Waals surface area (Å²) >= 11 is 5.62. The average molecular weight is 337 g/mol. The van der Waals surface area contributed by atoms with Gasteiger partial charge in [0, 0.05) is 3.57 Å². The summed E-state index contributed by atoms with van der Waals surface area (Å²) in [6.07, 6.45) is 0. The number of nitrogens with zero attached hydrogens (tertiary/aromatic N) is 1. The van der Waals surface area contributed by atoms with Crippen LogP contribution in [0.15, 0.2) is 16.9 Å². The molecule has 0 bridgehead atoms. The van der Waals surface area contributed by atoms with Crippen LogP contribution < -0.4 is 0 Å². The van der Waals surface area contributed by atoms with Gasteiger partial charge in [-0.2, -0.15) is 0 Å². The predicted molar refractivity (Wildman–Crippen MR) is 61.2 cm³/mol. The number of aromatic amines is 1. The van der Waals surface area contributed by atoms with Crippen molar-refractivity contribution in [1.82, 2.24) is 9.97 Å². The highest BCUT2D eigenvalue weighted by molar-refractivity contribution is 14.1. The molecule has 12 heavy (non-hydrogen) atoms. The second-order valence-electron chi connectivity index (χ2n) is 2.65. The molecular formula is C8H6BrIN2. The van der Waals surface area contributed by atoms with E-state index in [2.05, 4.69) is 67.5 Å². The summed E-state index contributed by atoms with van der Waals surface area (Å²) in [6, 6.07) is 4.18. The van der Waals surface area contributed by atoms with E-state index in [1.807, 2.05) is 0 Å². The van der Waals surface area contributed by atoms with Crippen LogP contribution in [-0.4, -0.2) is 9.97 Å². The number of aromatic nitrogens is 2. The molecule has 1 aromatic carbocycles. The molecule has 1 N–H and O–H groups in total. The first-order valence-corrected chi connectivity index (χ1v) is 5.35. The molecule has 0 spiro atoms. The van der Waals surface area contributed by atoms with Gasteiger partial charge in [0.25, 0.3) is 0 Å². The lowest BCUT2D eigenvalue weighted by Gasteiger charge is -1.95. The third-order valence-corrected chi connectivity index (χ3v) is 3.27. The molecule has 1 aromatic heterocycles. The van der Waals surface area contributed by atoms with Crippen molar-refractivity contribution in [1.29, 1.82) is 0 Å². The molecule has 0 unspecified atom stereocenters. The maximum Gasteiger partial charge on any atom is 0.175 e. The van der Waals surface area contributed by atoms with Crippen molar-refractivity contribution in [3.05, 3.63) is 26.0 Å². The van der Waals surface area contributed by atoms with Gasteiger partial charge in [-0.3, -0.25) is 0 Å². The van der Waals surface area contributed by atoms with Crippen molar-refractivity contribution in [2.75, 3.05) is 0 Å². The molecule has 2 nitrogen and oxygen atoms in total. The van der Waals surface area contributed by atoms with Crippen molar-refractivity contribution in [2.45, 2.75) is 6.92 Å². The van der Waals surface area contributed by atoms with Gasteiger partial charge in [0.1, 0.15) is 0 Å². The van der Waals surface area contributed by atoms with Gasteiger partial charge in [-0.1, -0.05) is 0 Å². The van der Waals surface area contributed by atoms with Gasteiger partial charge < -0.3 is 4.98 Å². The molecule has 4 heteroatoms. The summed E-state index contributed by atoms with van der Waals surface area (Å²) < 4.78 is 2.04. The third kappa shape index (κ3) is 1.37. The van der Waals surface area contributed by atoms with Gasteiger partial charge in [-0.15, -0.1) is 0 Å². The van der Waals surface area contributed by atoms with E-state index in [1.165, 1.54) is 9.13 Å². The fraction of sp³-hybridized carbons (Fsp3) is 0.125. The lowest BCUT2D eigenvalue weighted by Crippen LogP contribution is -1.79. The van der Waals surface area contributed by atoms with Crippen LogP contribution in [0.5, 0.6) is 0 Å². The summed E-state index contributed by atoms with van der Waals surface area (Å²) in [6.45, 7) is 2.09. The van der Waals surface area contributed by atoms with Gasteiger partial charge in [-0.25, -0.2) is 4.98 Å². The molecular weight excluding hydrogens is 331 g/mol. The first-order chi connectivity index (χ1) is 5.66. The highest BCUT2D eigenvalue weighted by Gasteiger charge is 2.02. The van der Waals surface area contributed by atoms with Crippen LogP contribution in [0, 0.1) is 10.5 Å². The smallest absolute Gasteiger partial charge is 0.175 e. The van der Waals surface area contributed by atoms with Crippen LogP contribution in [-0.2, 0) is 0 Å². The first kappa shape index (κ1) is 8.50. The molecule has 0 radical (unpaired) electrons. The summed E-state index contributed by atoms with van der Waals surface area (Å²) in [5, 5.41) is 0. The number of halogens is 2. The van der Waals surface area contributed by atoms with E-state index in [1.54, 1.807) is 0 Å². The van der Waals surface area contributed by atoms with Gasteiger partial charge in [0.05, 0.1) is 11.0 Å². The highest BCUT2D eigenvalue weighted by atomic mass is 127. The third-order valence-electron chi connectivity index (χ3n) is 1.73. The largest absolute Gasteiger partial charge is 0.332 e. The Morgan fingerprint density at radius 2 is 2.25 bits per heavy atom. The predicted octanol–water partition coefficient (Wildman–Crippen LogP) is 3.24. The van der Waals surface area contributed by atoms with Crippen molar-refractivity contribution in [3.8, 4) is 0 Å². The van der Waals surface area contributed by atoms with E-state index in [0.717, 1.165) is 15.8 Å². The van der Waals surface area contributed by atoms with Crippen molar-refractivity contribution >= 4 is 49.6 Å². The fourth-order valence-electron chi connectivity index (χ4n) is 1.11. The van der Waals surface area contributed by atoms with Gasteiger partial charge in [-0.05, 0) is 63.1 Å². The number of fused-ring (bicyclic) bond motifs is 1. The number of benzene rings is 1. The zero-order chi connectivity index (χ0) is 8.72. The number of rotatable bonds is 0. The van der Waals surface area contributed by atoms with E-state index in [4.69, 9.17) is 0 Å². The SMILES string of the molecule is Cc1cc2[nH]c(Br)nc2cc1I. The molecule has 0 aliphatic heterocycles. The Bertz CT molecular complexity index is 397. The van der Waals surface area contributed by atoms with E-state index >= 15 is 0 Å². The topological polar surface area (TPSA) is 28.7 Å². The van der Waals surface area contributed by atoms with Crippen LogP contribution in [0.2, 0.25) is 0 Å². The Morgan fingerprint density at radius 1 is 1.50 bits per heavy atom. The van der Waals surface area contributed by atoms with Crippen LogP contribution >= 0.6 is 38.5 Å². The molecule has 0 aliphatic carbocycles. The minimum Gasteiger partial charge on any atom is -0.332 e. The van der Waals surface area contributed by atoms with Crippen LogP contribution in [0.25, 0.3) is 11.0 Å². The van der Waals surface area contributed by atoms with Crippen LogP contribution in [0.1, 0.15) is 5.56 Å². The number of imidazole rings is 1. The quantitative estimate of drug-likeness (QED) is 0.735. The number of hydrogen-bond donors (Lipinski definition) is 1. The molecule has 2 aromatic rings. The second kappa shape index (κ2) is 2.99. The zero-order valence-corrected chi connectivity index (χ0v) is 10.1. The number of aryl methyl sites for hydroxylation is 1. The highest BCUT2D eigenvalue weighted by Crippen LogP contribution is 2.20. The molecule has 0 aliphatic rings. The van der Waals surface area contributed by atoms with Gasteiger partial charge in [0.2, 0.25) is 0 Å². The van der Waals surface area contributed by atoms with E-state index in [0.29, 0.717) is 0 Å². The summed E-state index contributed by atoms with van der Waals surface area (Å²) in [7, 11) is 0. The Labute approximate surface area is 92.0 Å². The van der Waals surface area contributed by atoms with Crippen molar-refractivity contribution < 1.29 is 0 Å². The molecule has 0 saturated heterocycles. The summed E-state index contributed by atoms with van der Waals surface area (Å²) in [4.78, 5) is 7.40. The van der Waals surface area contributed by atoms with E-state index in [-0.39, 0.29) is 0 Å². The molecule has 0 atom stereocenters. The van der Waals surface area contributed by atoms with Crippen LogP contribution in [0.3, 0.4) is 0 Å². The number of nitrogens with one attached hydrogen (secondary N) is 1. The molecule has 0 saturated carbocycles. The molecule has 62 valence electrons. The minimum absolute atomic E-state index is 0.791. The zero-order valence-electron chi connectivity index (χ0n) is 6.36. The van der Waals surface area contributed by atoms with Gasteiger partial charge in [0.15, 0.2) is 4.73 Å². The summed E-state index contributed by atoms with van der Waals surface area (Å²) in [5.74, 6) is 0. The molecule has 2 rings (SSSR count). The fourth-order valence-corrected chi connectivity index (χ4v) is 1.96. The van der Waals surface area contributed by atoms with Crippen molar-refractivity contribution in [2.24, 2.45) is 0 Å². The van der Waals surface area contributed by atoms with Crippen LogP contribution in [0.4, 0.5) is 0 Å². The lowest BCUT2D eigenvalue weighted by molar-refractivity contribution is 1.27. The molecule has 1 heterocycles. The van der Waals surface area contributed by atoms with Gasteiger partial charge >= 0.3 is 0 Å². The van der Waals surface area contributed by atoms with E-state index in [9.17, 15) is 0 Å². The number of hydrogen-bond acceptors (Lipinski definition) is 1. The standard InChI is InChI=1S/C8H6BrIN2/c1-4-2-6-7(3-5(4)10)12-8(9)11-6/h2-3H,1H3,(H,11,12). The van der Waals surface area contributed by atoms with E-state index < -0.39 is 0 Å².